The van der Waals surface area contributed by atoms with Crippen molar-refractivity contribution in [3.8, 4) is 0 Å². The number of hydrogen-bond donors (Lipinski definition) is 9. The predicted octanol–water partition coefficient (Wildman–Crippen LogP) is -1.25. The van der Waals surface area contributed by atoms with E-state index in [9.17, 15) is 29.1 Å². The van der Waals surface area contributed by atoms with Gasteiger partial charge in [-0.3, -0.25) is 24.2 Å². The minimum absolute atomic E-state index is 0.0489. The zero-order chi connectivity index (χ0) is 32.9. The maximum Gasteiger partial charge on any atom is 0.326 e. The van der Waals surface area contributed by atoms with E-state index < -0.39 is 60.2 Å². The van der Waals surface area contributed by atoms with Gasteiger partial charge in [0.15, 0.2) is 5.96 Å². The average molecular weight is 622 g/mol. The number of aromatic nitrogens is 1. The highest BCUT2D eigenvalue weighted by Gasteiger charge is 2.31. The molecule has 4 unspecified atom stereocenters. The fourth-order valence-corrected chi connectivity index (χ4v) is 4.69. The number of aliphatic imine (C=N–C) groups is 1. The van der Waals surface area contributed by atoms with Crippen LogP contribution in [-0.2, 0) is 36.8 Å². The van der Waals surface area contributed by atoms with Gasteiger partial charge in [-0.05, 0) is 36.5 Å². The number of fused-ring (bicyclic) bond motifs is 1. The van der Waals surface area contributed by atoms with Crippen LogP contribution < -0.4 is 38.9 Å². The molecule has 0 aliphatic carbocycles. The third-order valence-electron chi connectivity index (χ3n) is 6.97. The van der Waals surface area contributed by atoms with Gasteiger partial charge >= 0.3 is 5.97 Å². The molecular weight excluding hydrogens is 582 g/mol. The second-order valence-electron chi connectivity index (χ2n) is 10.5. The summed E-state index contributed by atoms with van der Waals surface area (Å²) in [6.45, 7) is 0.171. The number of nitrogens with two attached hydrogens (primary N) is 4. The van der Waals surface area contributed by atoms with E-state index in [1.54, 1.807) is 6.20 Å². The highest BCUT2D eigenvalue weighted by molar-refractivity contribution is 5.95. The van der Waals surface area contributed by atoms with Gasteiger partial charge in [-0.25, -0.2) is 4.79 Å². The minimum atomic E-state index is -1.62. The number of aliphatic carboxylic acids is 1. The second-order valence-corrected chi connectivity index (χ2v) is 10.5. The Morgan fingerprint density at radius 3 is 2.09 bits per heavy atom. The third kappa shape index (κ3) is 10.7. The number of primary amides is 1. The first kappa shape index (κ1) is 34.1. The molecule has 240 valence electrons. The van der Waals surface area contributed by atoms with Gasteiger partial charge in [-0.15, -0.1) is 0 Å². The molecule has 45 heavy (non-hydrogen) atoms. The van der Waals surface area contributed by atoms with Crippen LogP contribution in [0.2, 0.25) is 0 Å². The lowest BCUT2D eigenvalue weighted by molar-refractivity contribution is -0.143. The summed E-state index contributed by atoms with van der Waals surface area (Å²) in [5.74, 6) is -4.72. The van der Waals surface area contributed by atoms with E-state index in [4.69, 9.17) is 22.9 Å². The number of hydrogen-bond acceptors (Lipinski definition) is 7. The number of carbonyl (C=O) groups excluding carboxylic acids is 4. The van der Waals surface area contributed by atoms with Crippen molar-refractivity contribution < 1.29 is 29.1 Å². The number of carbonyl (C=O) groups is 5. The summed E-state index contributed by atoms with van der Waals surface area (Å²) >= 11 is 0. The molecule has 1 aromatic heterocycles. The van der Waals surface area contributed by atoms with Gasteiger partial charge in [0.2, 0.25) is 23.6 Å². The van der Waals surface area contributed by atoms with Crippen LogP contribution in [-0.4, -0.2) is 76.4 Å². The average Bonchev–Trinajstić information content (AvgIpc) is 3.40. The Bertz CT molecular complexity index is 1520. The van der Waals surface area contributed by atoms with Crippen molar-refractivity contribution in [2.75, 3.05) is 6.54 Å². The van der Waals surface area contributed by atoms with Gasteiger partial charge in [-0.2, -0.15) is 0 Å². The van der Waals surface area contributed by atoms with Gasteiger partial charge in [0, 0.05) is 30.1 Å². The Balaban J connectivity index is 1.84. The first-order valence-corrected chi connectivity index (χ1v) is 14.3. The van der Waals surface area contributed by atoms with Crippen LogP contribution in [0.15, 0.2) is 65.8 Å². The molecule has 0 bridgehead atoms. The number of nitrogens with zero attached hydrogens (tertiary/aromatic N) is 1. The number of benzene rings is 2. The summed E-state index contributed by atoms with van der Waals surface area (Å²) < 4.78 is 0. The first-order chi connectivity index (χ1) is 21.4. The summed E-state index contributed by atoms with van der Waals surface area (Å²) in [6, 6.07) is 11.4. The van der Waals surface area contributed by atoms with Crippen molar-refractivity contribution >= 4 is 46.5 Å². The molecule has 4 atom stereocenters. The summed E-state index contributed by atoms with van der Waals surface area (Å²) in [6.07, 6.45) is 1.57. The highest BCUT2D eigenvalue weighted by Crippen LogP contribution is 2.19. The van der Waals surface area contributed by atoms with E-state index in [1.165, 1.54) is 0 Å². The lowest BCUT2D eigenvalue weighted by Crippen LogP contribution is -2.58. The highest BCUT2D eigenvalue weighted by atomic mass is 16.4. The third-order valence-corrected chi connectivity index (χ3v) is 6.97. The number of amides is 4. The topological polar surface area (TPSA) is 274 Å². The fourth-order valence-electron chi connectivity index (χ4n) is 4.69. The fraction of sp³-hybridized carbons (Fsp3) is 0.333. The number of carboxylic acids is 1. The summed E-state index contributed by atoms with van der Waals surface area (Å²) in [4.78, 5) is 70.3. The molecule has 0 saturated carbocycles. The summed E-state index contributed by atoms with van der Waals surface area (Å²) in [5.41, 5.74) is 24.4. The number of rotatable bonds is 17. The van der Waals surface area contributed by atoms with E-state index in [0.717, 1.165) is 16.5 Å². The van der Waals surface area contributed by atoms with Crippen molar-refractivity contribution in [3.05, 3.63) is 71.9 Å². The molecule has 3 aromatic rings. The Kier molecular flexibility index (Phi) is 12.4. The van der Waals surface area contributed by atoms with Crippen molar-refractivity contribution in [1.29, 1.82) is 0 Å². The van der Waals surface area contributed by atoms with Gasteiger partial charge in [0.05, 0.1) is 12.5 Å². The molecule has 2 aromatic carbocycles. The summed E-state index contributed by atoms with van der Waals surface area (Å²) in [5, 5.41) is 17.9. The Morgan fingerprint density at radius 1 is 0.800 bits per heavy atom. The molecule has 15 nitrogen and oxygen atoms in total. The lowest BCUT2D eigenvalue weighted by Gasteiger charge is -2.25. The van der Waals surface area contributed by atoms with E-state index in [-0.39, 0.29) is 31.8 Å². The number of H-pyrrole nitrogens is 1. The maximum atomic E-state index is 13.7. The molecule has 3 rings (SSSR count). The van der Waals surface area contributed by atoms with Gasteiger partial charge < -0.3 is 49.0 Å². The quantitative estimate of drug-likeness (QED) is 0.0494. The molecule has 4 amide bonds. The zero-order valence-electron chi connectivity index (χ0n) is 24.6. The van der Waals surface area contributed by atoms with Crippen LogP contribution in [0.5, 0.6) is 0 Å². The molecule has 0 radical (unpaired) electrons. The van der Waals surface area contributed by atoms with Crippen LogP contribution >= 0.6 is 0 Å². The normalized spacial score (nSPS) is 13.5. The SMILES string of the molecule is NC(=O)CC(NC(=O)C(Cc1c[nH]c2ccccc12)NC(=O)C(CCCN=C(N)N)NC(=O)C(N)Cc1ccccc1)C(=O)O. The van der Waals surface area contributed by atoms with Gasteiger partial charge in [0.25, 0.3) is 0 Å². The standard InChI is InChI=1S/C30H39N9O6/c31-20(13-17-7-2-1-3-8-17)26(41)37-22(11-6-12-35-30(33)34)27(42)38-23(28(43)39-24(29(44)45)15-25(32)40)14-18-16-36-21-10-5-4-9-19(18)21/h1-5,7-10,16,20,22-24,36H,6,11-15,31H2,(H2,32,40)(H,37,41)(H,38,42)(H,39,43)(H,44,45)(H4,33,34,35). The lowest BCUT2D eigenvalue weighted by atomic mass is 10.0. The van der Waals surface area contributed by atoms with E-state index in [0.29, 0.717) is 12.0 Å². The molecule has 0 aliphatic heterocycles. The monoisotopic (exact) mass is 621 g/mol. The molecule has 15 heteroatoms. The van der Waals surface area contributed by atoms with Crippen molar-refractivity contribution in [1.82, 2.24) is 20.9 Å². The Labute approximate surface area is 259 Å². The van der Waals surface area contributed by atoms with Crippen LogP contribution in [0, 0.1) is 0 Å². The zero-order valence-corrected chi connectivity index (χ0v) is 24.6. The van der Waals surface area contributed by atoms with Crippen LogP contribution in [0.4, 0.5) is 0 Å². The van der Waals surface area contributed by atoms with Crippen molar-refractivity contribution in [2.45, 2.75) is 56.3 Å². The molecule has 1 heterocycles. The van der Waals surface area contributed by atoms with E-state index >= 15 is 0 Å². The number of para-hydroxylation sites is 1. The smallest absolute Gasteiger partial charge is 0.326 e. The predicted molar refractivity (Wildman–Crippen MR) is 167 cm³/mol. The number of carboxylic acid groups (broad SMARTS) is 1. The summed E-state index contributed by atoms with van der Waals surface area (Å²) in [7, 11) is 0. The maximum absolute atomic E-state index is 13.7. The molecular formula is C30H39N9O6. The van der Waals surface area contributed by atoms with Crippen LogP contribution in [0.25, 0.3) is 10.9 Å². The Morgan fingerprint density at radius 2 is 1.42 bits per heavy atom. The number of guanidine groups is 1. The van der Waals surface area contributed by atoms with Gasteiger partial charge in [-0.1, -0.05) is 48.5 Å². The first-order valence-electron chi connectivity index (χ1n) is 14.3. The largest absolute Gasteiger partial charge is 0.480 e. The van der Waals surface area contributed by atoms with E-state index in [1.807, 2.05) is 54.6 Å². The molecule has 13 N–H and O–H groups in total. The van der Waals surface area contributed by atoms with Gasteiger partial charge in [0.1, 0.15) is 18.1 Å². The number of aromatic amines is 1. The van der Waals surface area contributed by atoms with Crippen molar-refractivity contribution in [3.63, 3.8) is 0 Å². The molecule has 0 saturated heterocycles. The number of nitrogens with one attached hydrogen (secondary N) is 4. The molecule has 0 aliphatic rings. The minimum Gasteiger partial charge on any atom is -0.480 e. The van der Waals surface area contributed by atoms with E-state index in [2.05, 4.69) is 25.9 Å². The van der Waals surface area contributed by atoms with Crippen LogP contribution in [0.1, 0.15) is 30.4 Å². The second kappa shape index (κ2) is 16.4. The Hall–Kier alpha value is -5.44. The molecule has 0 fully saturated rings. The van der Waals surface area contributed by atoms with Crippen LogP contribution in [0.3, 0.4) is 0 Å². The molecule has 0 spiro atoms. The van der Waals surface area contributed by atoms with Crippen molar-refractivity contribution in [2.24, 2.45) is 27.9 Å².